The minimum Gasteiger partial charge on any atom is -0.357 e. The Kier molecular flexibility index (Phi) is 10.3. The van der Waals surface area contributed by atoms with Gasteiger partial charge in [0.15, 0.2) is 5.96 Å². The van der Waals surface area contributed by atoms with Gasteiger partial charge in [-0.25, -0.2) is 9.38 Å². The molecule has 2 N–H and O–H groups in total. The van der Waals surface area contributed by atoms with Gasteiger partial charge in [0.05, 0.1) is 4.47 Å². The number of halogens is 3. The molecule has 25 heavy (non-hydrogen) atoms. The first-order chi connectivity index (χ1) is 11.6. The molecule has 0 spiro atoms. The summed E-state index contributed by atoms with van der Waals surface area (Å²) in [5.74, 6) is 0.445. The third-order valence-electron chi connectivity index (χ3n) is 3.87. The lowest BCUT2D eigenvalue weighted by atomic mass is 10.1. The zero-order valence-corrected chi connectivity index (χ0v) is 18.3. The summed E-state index contributed by atoms with van der Waals surface area (Å²) in [5.41, 5.74) is 1.03. The van der Waals surface area contributed by atoms with Gasteiger partial charge in [-0.05, 0) is 59.8 Å². The van der Waals surface area contributed by atoms with Crippen LogP contribution in [0.1, 0.15) is 25.3 Å². The summed E-state index contributed by atoms with van der Waals surface area (Å²) >= 11 is 3.19. The number of nitrogens with zero attached hydrogens (tertiary/aromatic N) is 2. The number of carbonyl (C=O) groups is 1. The van der Waals surface area contributed by atoms with Crippen LogP contribution in [-0.2, 0) is 11.2 Å². The van der Waals surface area contributed by atoms with Crippen molar-refractivity contribution in [3.05, 3.63) is 34.1 Å². The molecule has 0 radical (unpaired) electrons. The topological polar surface area (TPSA) is 56.7 Å². The van der Waals surface area contributed by atoms with Crippen molar-refractivity contribution in [2.24, 2.45) is 4.99 Å². The normalized spacial score (nSPS) is 14.2. The average molecular weight is 527 g/mol. The van der Waals surface area contributed by atoms with E-state index in [1.54, 1.807) is 12.1 Å². The fourth-order valence-electron chi connectivity index (χ4n) is 2.58. The predicted octanol–water partition coefficient (Wildman–Crippen LogP) is 2.93. The van der Waals surface area contributed by atoms with Crippen molar-refractivity contribution < 1.29 is 9.18 Å². The summed E-state index contributed by atoms with van der Waals surface area (Å²) in [4.78, 5) is 18.3. The number of guanidine groups is 1. The molecule has 1 saturated heterocycles. The quantitative estimate of drug-likeness (QED) is 0.340. The standard InChI is InChI=1S/C17H24BrFN4O.HI/c1-2-20-17(22-12-16(24)23-9-3-4-10-23)21-8-7-13-5-6-15(19)14(18)11-13;/h5-6,11H,2-4,7-10,12H2,1H3,(H2,20,21,22);1H. The van der Waals surface area contributed by atoms with Crippen LogP contribution in [0.3, 0.4) is 0 Å². The molecule has 2 rings (SSSR count). The highest BCUT2D eigenvalue weighted by Gasteiger charge is 2.17. The van der Waals surface area contributed by atoms with Crippen LogP contribution in [0, 0.1) is 5.82 Å². The minimum atomic E-state index is -0.262. The lowest BCUT2D eigenvalue weighted by Crippen LogP contribution is -2.39. The molecule has 0 atom stereocenters. The van der Waals surface area contributed by atoms with Gasteiger partial charge in [0.2, 0.25) is 5.91 Å². The fourth-order valence-corrected chi connectivity index (χ4v) is 3.00. The summed E-state index contributed by atoms with van der Waals surface area (Å²) in [6.07, 6.45) is 2.91. The lowest BCUT2D eigenvalue weighted by molar-refractivity contribution is -0.128. The molecule has 0 saturated carbocycles. The molecule has 1 heterocycles. The third-order valence-corrected chi connectivity index (χ3v) is 4.47. The van der Waals surface area contributed by atoms with Gasteiger partial charge < -0.3 is 15.5 Å². The van der Waals surface area contributed by atoms with E-state index in [0.29, 0.717) is 17.0 Å². The van der Waals surface area contributed by atoms with Gasteiger partial charge in [0.25, 0.3) is 0 Å². The van der Waals surface area contributed by atoms with Crippen LogP contribution in [0.4, 0.5) is 4.39 Å². The Balaban J connectivity index is 0.00000312. The van der Waals surface area contributed by atoms with Crippen molar-refractivity contribution in [2.45, 2.75) is 26.2 Å². The molecule has 5 nitrogen and oxygen atoms in total. The molecular weight excluding hydrogens is 502 g/mol. The molecule has 1 aromatic rings. The van der Waals surface area contributed by atoms with Crippen LogP contribution in [-0.4, -0.2) is 49.5 Å². The van der Waals surface area contributed by atoms with Crippen molar-refractivity contribution >= 4 is 51.8 Å². The summed E-state index contributed by atoms with van der Waals surface area (Å²) in [6.45, 7) is 5.22. The Bertz CT molecular complexity index is 594. The van der Waals surface area contributed by atoms with Gasteiger partial charge >= 0.3 is 0 Å². The molecule has 1 aliphatic heterocycles. The van der Waals surface area contributed by atoms with Gasteiger partial charge in [-0.2, -0.15) is 0 Å². The van der Waals surface area contributed by atoms with E-state index in [1.165, 1.54) is 6.07 Å². The molecule has 0 aliphatic carbocycles. The Morgan fingerprint density at radius 1 is 1.32 bits per heavy atom. The average Bonchev–Trinajstić information content (AvgIpc) is 3.10. The molecule has 1 aliphatic rings. The first-order valence-electron chi connectivity index (χ1n) is 8.34. The van der Waals surface area contributed by atoms with Crippen LogP contribution < -0.4 is 10.6 Å². The highest BCUT2D eigenvalue weighted by molar-refractivity contribution is 14.0. The molecule has 1 fully saturated rings. The summed E-state index contributed by atoms with van der Waals surface area (Å²) in [7, 11) is 0. The highest BCUT2D eigenvalue weighted by Crippen LogP contribution is 2.16. The van der Waals surface area contributed by atoms with Crippen LogP contribution in [0.2, 0.25) is 0 Å². The van der Waals surface area contributed by atoms with Gasteiger partial charge in [0, 0.05) is 26.2 Å². The van der Waals surface area contributed by atoms with Crippen molar-refractivity contribution in [1.82, 2.24) is 15.5 Å². The van der Waals surface area contributed by atoms with Gasteiger partial charge in [-0.1, -0.05) is 6.07 Å². The van der Waals surface area contributed by atoms with E-state index in [1.807, 2.05) is 11.8 Å². The Hall–Kier alpha value is -0.900. The second-order valence-electron chi connectivity index (χ2n) is 5.71. The summed E-state index contributed by atoms with van der Waals surface area (Å²) in [6, 6.07) is 4.99. The number of likely N-dealkylation sites (tertiary alicyclic amines) is 1. The van der Waals surface area contributed by atoms with E-state index in [-0.39, 0.29) is 42.2 Å². The van der Waals surface area contributed by atoms with Crippen molar-refractivity contribution in [1.29, 1.82) is 0 Å². The molecule has 140 valence electrons. The molecule has 0 aromatic heterocycles. The molecule has 0 bridgehead atoms. The number of carbonyl (C=O) groups excluding carboxylic acids is 1. The third kappa shape index (κ3) is 7.47. The Morgan fingerprint density at radius 3 is 2.68 bits per heavy atom. The van der Waals surface area contributed by atoms with Crippen molar-refractivity contribution in [3.8, 4) is 0 Å². The van der Waals surface area contributed by atoms with Crippen LogP contribution >= 0.6 is 39.9 Å². The van der Waals surface area contributed by atoms with E-state index < -0.39 is 0 Å². The summed E-state index contributed by atoms with van der Waals surface area (Å²) < 4.78 is 13.7. The first kappa shape index (κ1) is 22.1. The maximum Gasteiger partial charge on any atom is 0.244 e. The van der Waals surface area contributed by atoms with E-state index in [2.05, 4.69) is 31.6 Å². The van der Waals surface area contributed by atoms with Crippen molar-refractivity contribution in [3.63, 3.8) is 0 Å². The molecule has 8 heteroatoms. The number of amides is 1. The zero-order valence-electron chi connectivity index (χ0n) is 14.4. The Morgan fingerprint density at radius 2 is 2.04 bits per heavy atom. The van der Waals surface area contributed by atoms with Gasteiger partial charge in [-0.15, -0.1) is 24.0 Å². The number of aliphatic imine (C=N–C) groups is 1. The second-order valence-corrected chi connectivity index (χ2v) is 6.56. The number of hydrogen-bond acceptors (Lipinski definition) is 2. The van der Waals surface area contributed by atoms with Gasteiger partial charge in [0.1, 0.15) is 12.4 Å². The first-order valence-corrected chi connectivity index (χ1v) is 9.13. The zero-order chi connectivity index (χ0) is 17.4. The number of hydrogen-bond donors (Lipinski definition) is 2. The van der Waals surface area contributed by atoms with Crippen molar-refractivity contribution in [2.75, 3.05) is 32.7 Å². The highest BCUT2D eigenvalue weighted by atomic mass is 127. The van der Waals surface area contributed by atoms with Crippen LogP contribution in [0.5, 0.6) is 0 Å². The van der Waals surface area contributed by atoms with Gasteiger partial charge in [-0.3, -0.25) is 4.79 Å². The van der Waals surface area contributed by atoms with E-state index in [9.17, 15) is 9.18 Å². The monoisotopic (exact) mass is 526 g/mol. The SMILES string of the molecule is CCNC(=NCC(=O)N1CCCC1)NCCc1ccc(F)c(Br)c1.I. The number of rotatable bonds is 6. The van der Waals surface area contributed by atoms with E-state index in [4.69, 9.17) is 0 Å². The minimum absolute atomic E-state index is 0. The van der Waals surface area contributed by atoms with E-state index >= 15 is 0 Å². The predicted molar refractivity (Wildman–Crippen MR) is 113 cm³/mol. The van der Waals surface area contributed by atoms with Crippen LogP contribution in [0.25, 0.3) is 0 Å². The van der Waals surface area contributed by atoms with E-state index in [0.717, 1.165) is 44.5 Å². The molecular formula is C17H25BrFIN4O. The molecule has 0 unspecified atom stereocenters. The molecule has 1 amide bonds. The smallest absolute Gasteiger partial charge is 0.244 e. The largest absolute Gasteiger partial charge is 0.357 e. The maximum atomic E-state index is 13.2. The number of nitrogens with one attached hydrogen (secondary N) is 2. The fraction of sp³-hybridized carbons (Fsp3) is 0.529. The number of benzene rings is 1. The Labute approximate surface area is 174 Å². The van der Waals surface area contributed by atoms with Crippen LogP contribution in [0.15, 0.2) is 27.7 Å². The lowest BCUT2D eigenvalue weighted by Gasteiger charge is -2.15. The second kappa shape index (κ2) is 11.7. The summed E-state index contributed by atoms with van der Waals surface area (Å²) in [5, 5.41) is 6.34. The molecule has 1 aromatic carbocycles. The maximum absolute atomic E-state index is 13.2.